The van der Waals surface area contributed by atoms with Gasteiger partial charge < -0.3 is 14.0 Å². The summed E-state index contributed by atoms with van der Waals surface area (Å²) < 4.78 is 7.70. The van der Waals surface area contributed by atoms with Gasteiger partial charge in [0.25, 0.3) is 0 Å². The first-order valence-electron chi connectivity index (χ1n) is 10.3. The van der Waals surface area contributed by atoms with Gasteiger partial charge in [0.1, 0.15) is 0 Å². The number of nitrogens with zero attached hydrogens (tertiary/aromatic N) is 5. The summed E-state index contributed by atoms with van der Waals surface area (Å²) in [7, 11) is 0. The molecular formula is C23H23N5O2. The first-order valence-corrected chi connectivity index (χ1v) is 10.3. The number of aromatic nitrogens is 4. The second-order valence-electron chi connectivity index (χ2n) is 7.84. The molecule has 2 aromatic heterocycles. The van der Waals surface area contributed by atoms with Crippen LogP contribution in [-0.4, -0.2) is 32.1 Å². The van der Waals surface area contributed by atoms with Gasteiger partial charge in [0.15, 0.2) is 0 Å². The molecular weight excluding hydrogens is 378 g/mol. The Morgan fingerprint density at radius 2 is 2.00 bits per heavy atom. The van der Waals surface area contributed by atoms with Crippen molar-refractivity contribution in [3.63, 3.8) is 0 Å². The van der Waals surface area contributed by atoms with Crippen LogP contribution in [0.5, 0.6) is 0 Å². The quantitative estimate of drug-likeness (QED) is 0.498. The highest BCUT2D eigenvalue weighted by molar-refractivity contribution is 5.96. The van der Waals surface area contributed by atoms with E-state index < -0.39 is 0 Å². The Morgan fingerprint density at radius 3 is 2.80 bits per heavy atom. The summed E-state index contributed by atoms with van der Waals surface area (Å²) in [6.07, 6.45) is 3.27. The van der Waals surface area contributed by atoms with E-state index in [0.717, 1.165) is 35.2 Å². The van der Waals surface area contributed by atoms with Crippen molar-refractivity contribution < 1.29 is 9.32 Å². The fourth-order valence-corrected chi connectivity index (χ4v) is 3.98. The first-order chi connectivity index (χ1) is 14.6. The van der Waals surface area contributed by atoms with E-state index in [-0.39, 0.29) is 11.8 Å². The fourth-order valence-electron chi connectivity index (χ4n) is 3.98. The number of anilines is 1. The number of fused-ring (bicyclic) bond motifs is 1. The zero-order chi connectivity index (χ0) is 20.7. The monoisotopic (exact) mass is 401 g/mol. The summed E-state index contributed by atoms with van der Waals surface area (Å²) in [6, 6.07) is 14.0. The van der Waals surface area contributed by atoms with Crippen LogP contribution in [0.1, 0.15) is 37.1 Å². The minimum Gasteiger partial charge on any atom is -0.339 e. The second kappa shape index (κ2) is 7.40. The van der Waals surface area contributed by atoms with Gasteiger partial charge in [-0.2, -0.15) is 4.98 Å². The zero-order valence-corrected chi connectivity index (χ0v) is 17.1. The number of carbonyl (C=O) groups excluding carboxylic acids is 1. The van der Waals surface area contributed by atoms with Gasteiger partial charge >= 0.3 is 0 Å². The molecule has 3 heterocycles. The predicted octanol–water partition coefficient (Wildman–Crippen LogP) is 4.33. The van der Waals surface area contributed by atoms with Crippen molar-refractivity contribution in [1.82, 2.24) is 19.7 Å². The molecule has 2 aromatic carbocycles. The molecule has 0 radical (unpaired) electrons. The van der Waals surface area contributed by atoms with Crippen LogP contribution < -0.4 is 4.90 Å². The lowest BCUT2D eigenvalue weighted by molar-refractivity contribution is -0.117. The average molecular weight is 401 g/mol. The maximum absolute atomic E-state index is 12.6. The number of rotatable bonds is 5. The SMILES string of the molecule is CCCn1cnc2ccc(-c3noc(C4CC(=O)N(c5ccc(C)cc5)C4)n3)cc21. The maximum Gasteiger partial charge on any atom is 0.232 e. The summed E-state index contributed by atoms with van der Waals surface area (Å²) >= 11 is 0. The third-order valence-electron chi connectivity index (χ3n) is 5.61. The van der Waals surface area contributed by atoms with E-state index in [2.05, 4.69) is 26.6 Å². The molecule has 1 fully saturated rings. The highest BCUT2D eigenvalue weighted by atomic mass is 16.5. The minimum absolute atomic E-state index is 0.0773. The van der Waals surface area contributed by atoms with Crippen LogP contribution in [0, 0.1) is 6.92 Å². The molecule has 0 spiro atoms. The van der Waals surface area contributed by atoms with E-state index in [9.17, 15) is 4.79 Å². The Labute approximate surface area is 174 Å². The van der Waals surface area contributed by atoms with Crippen LogP contribution >= 0.6 is 0 Å². The molecule has 0 bridgehead atoms. The Bertz CT molecular complexity index is 1210. The van der Waals surface area contributed by atoms with Gasteiger partial charge in [-0.1, -0.05) is 29.8 Å². The van der Waals surface area contributed by atoms with Crippen LogP contribution in [0.3, 0.4) is 0 Å². The lowest BCUT2D eigenvalue weighted by atomic mass is 10.1. The predicted molar refractivity (Wildman–Crippen MR) is 114 cm³/mol. The number of hydrogen-bond acceptors (Lipinski definition) is 5. The fraction of sp³-hybridized carbons (Fsp3) is 0.304. The van der Waals surface area contributed by atoms with Crippen molar-refractivity contribution in [1.29, 1.82) is 0 Å². The second-order valence-corrected chi connectivity index (χ2v) is 7.84. The molecule has 7 nitrogen and oxygen atoms in total. The molecule has 1 amide bonds. The van der Waals surface area contributed by atoms with E-state index in [1.54, 1.807) is 4.90 Å². The van der Waals surface area contributed by atoms with E-state index in [4.69, 9.17) is 4.52 Å². The summed E-state index contributed by atoms with van der Waals surface area (Å²) in [5, 5.41) is 4.19. The van der Waals surface area contributed by atoms with Crippen LogP contribution in [0.25, 0.3) is 22.4 Å². The molecule has 1 aliphatic heterocycles. The van der Waals surface area contributed by atoms with E-state index >= 15 is 0 Å². The summed E-state index contributed by atoms with van der Waals surface area (Å²) in [4.78, 5) is 23.4. The molecule has 1 aliphatic rings. The Kier molecular flexibility index (Phi) is 4.58. The number of imidazole rings is 1. The Morgan fingerprint density at radius 1 is 1.17 bits per heavy atom. The number of hydrogen-bond donors (Lipinski definition) is 0. The third kappa shape index (κ3) is 3.26. The van der Waals surface area contributed by atoms with Crippen molar-refractivity contribution >= 4 is 22.6 Å². The average Bonchev–Trinajstić information content (AvgIpc) is 3.47. The lowest BCUT2D eigenvalue weighted by Gasteiger charge is -2.16. The number of amides is 1. The molecule has 1 unspecified atom stereocenters. The Balaban J connectivity index is 1.39. The zero-order valence-electron chi connectivity index (χ0n) is 17.1. The number of carbonyl (C=O) groups is 1. The van der Waals surface area contributed by atoms with E-state index in [0.29, 0.717) is 24.7 Å². The molecule has 1 saturated heterocycles. The molecule has 0 saturated carbocycles. The van der Waals surface area contributed by atoms with Crippen molar-refractivity contribution in [2.24, 2.45) is 0 Å². The van der Waals surface area contributed by atoms with Gasteiger partial charge in [-0.25, -0.2) is 4.98 Å². The Hall–Kier alpha value is -3.48. The highest BCUT2D eigenvalue weighted by Crippen LogP contribution is 2.32. The smallest absolute Gasteiger partial charge is 0.232 e. The largest absolute Gasteiger partial charge is 0.339 e. The summed E-state index contributed by atoms with van der Waals surface area (Å²) in [6.45, 7) is 5.64. The number of aryl methyl sites for hydroxylation is 2. The lowest BCUT2D eigenvalue weighted by Crippen LogP contribution is -2.24. The third-order valence-corrected chi connectivity index (χ3v) is 5.61. The van der Waals surface area contributed by atoms with Crippen molar-refractivity contribution in [3.8, 4) is 11.4 Å². The molecule has 0 aliphatic carbocycles. The van der Waals surface area contributed by atoms with Crippen LogP contribution in [-0.2, 0) is 11.3 Å². The molecule has 30 heavy (non-hydrogen) atoms. The van der Waals surface area contributed by atoms with Gasteiger partial charge in [-0.3, -0.25) is 4.79 Å². The topological polar surface area (TPSA) is 77.0 Å². The van der Waals surface area contributed by atoms with E-state index in [1.165, 1.54) is 5.56 Å². The maximum atomic E-state index is 12.6. The molecule has 152 valence electrons. The summed E-state index contributed by atoms with van der Waals surface area (Å²) in [5.41, 5.74) is 4.96. The van der Waals surface area contributed by atoms with E-state index in [1.807, 2.05) is 55.7 Å². The molecule has 1 atom stereocenters. The standard InChI is InChI=1S/C23H23N5O2/c1-3-10-27-14-24-19-9-6-16(11-20(19)27)22-25-23(30-26-22)17-12-21(29)28(13-17)18-7-4-15(2)5-8-18/h4-9,11,14,17H,3,10,12-13H2,1-2H3. The number of benzene rings is 2. The van der Waals surface area contributed by atoms with Crippen molar-refractivity contribution in [2.45, 2.75) is 39.2 Å². The van der Waals surface area contributed by atoms with Crippen LogP contribution in [0.15, 0.2) is 53.3 Å². The first kappa shape index (κ1) is 18.5. The molecule has 5 rings (SSSR count). The molecule has 7 heteroatoms. The minimum atomic E-state index is -0.102. The highest BCUT2D eigenvalue weighted by Gasteiger charge is 2.35. The molecule has 0 N–H and O–H groups in total. The van der Waals surface area contributed by atoms with Crippen molar-refractivity contribution in [2.75, 3.05) is 11.4 Å². The van der Waals surface area contributed by atoms with Gasteiger partial charge in [-0.05, 0) is 43.7 Å². The van der Waals surface area contributed by atoms with Gasteiger partial charge in [0.2, 0.25) is 17.6 Å². The van der Waals surface area contributed by atoms with Crippen LogP contribution in [0.4, 0.5) is 5.69 Å². The molecule has 4 aromatic rings. The van der Waals surface area contributed by atoms with Gasteiger partial charge in [0, 0.05) is 30.8 Å². The van der Waals surface area contributed by atoms with Crippen LogP contribution in [0.2, 0.25) is 0 Å². The van der Waals surface area contributed by atoms with Crippen molar-refractivity contribution in [3.05, 3.63) is 60.2 Å². The van der Waals surface area contributed by atoms with Gasteiger partial charge in [-0.15, -0.1) is 0 Å². The normalized spacial score (nSPS) is 16.7. The van der Waals surface area contributed by atoms with Gasteiger partial charge in [0.05, 0.1) is 23.3 Å². The summed E-state index contributed by atoms with van der Waals surface area (Å²) in [5.74, 6) is 1.02.